The molecule has 1 aromatic rings. The third-order valence-electron chi connectivity index (χ3n) is 3.72. The molecule has 6 nitrogen and oxygen atoms in total. The van der Waals surface area contributed by atoms with Crippen molar-refractivity contribution in [2.45, 2.75) is 29.5 Å². The molecule has 1 aromatic carbocycles. The van der Waals surface area contributed by atoms with Crippen molar-refractivity contribution >= 4 is 33.3 Å². The van der Waals surface area contributed by atoms with E-state index in [9.17, 15) is 18.0 Å². The van der Waals surface area contributed by atoms with Crippen LogP contribution in [0.4, 0.5) is 0 Å². The van der Waals surface area contributed by atoms with Gasteiger partial charge in [0.25, 0.3) is 0 Å². The topological polar surface area (TPSA) is 80.8 Å². The molecule has 1 heterocycles. The Hall–Kier alpha value is -1.60. The number of hydrogen-bond acceptors (Lipinski definition) is 5. The number of esters is 1. The van der Waals surface area contributed by atoms with Crippen LogP contribution in [-0.4, -0.2) is 50.1 Å². The predicted octanol–water partition coefficient (Wildman–Crippen LogP) is 1.28. The maximum absolute atomic E-state index is 12.7. The van der Waals surface area contributed by atoms with Crippen LogP contribution in [0.25, 0.3) is 0 Å². The van der Waals surface area contributed by atoms with Gasteiger partial charge in [0, 0.05) is 13.5 Å². The molecule has 0 aliphatic carbocycles. The summed E-state index contributed by atoms with van der Waals surface area (Å²) in [5.41, 5.74) is 0. The van der Waals surface area contributed by atoms with E-state index in [4.69, 9.17) is 11.6 Å². The average molecular weight is 346 g/mol. The maximum atomic E-state index is 12.7. The van der Waals surface area contributed by atoms with Crippen LogP contribution >= 0.6 is 11.6 Å². The van der Waals surface area contributed by atoms with Crippen LogP contribution in [0.2, 0.25) is 5.02 Å². The summed E-state index contributed by atoms with van der Waals surface area (Å²) < 4.78 is 30.1. The molecule has 1 amide bonds. The van der Waals surface area contributed by atoms with Gasteiger partial charge < -0.3 is 9.64 Å². The first-order valence-electron chi connectivity index (χ1n) is 6.62. The summed E-state index contributed by atoms with van der Waals surface area (Å²) in [6, 6.07) is 5.24. The molecule has 0 spiro atoms. The number of benzene rings is 1. The van der Waals surface area contributed by atoms with Crippen molar-refractivity contribution in [3.05, 3.63) is 29.3 Å². The summed E-state index contributed by atoms with van der Waals surface area (Å²) in [7, 11) is -2.54. The van der Waals surface area contributed by atoms with Crippen LogP contribution in [-0.2, 0) is 24.2 Å². The minimum atomic E-state index is -3.74. The second kappa shape index (κ2) is 6.26. The van der Waals surface area contributed by atoms with Crippen molar-refractivity contribution in [3.63, 3.8) is 0 Å². The number of methoxy groups -OCH3 is 1. The Morgan fingerprint density at radius 1 is 1.32 bits per heavy atom. The van der Waals surface area contributed by atoms with Crippen LogP contribution in [0.5, 0.6) is 0 Å². The highest BCUT2D eigenvalue weighted by Gasteiger charge is 2.45. The van der Waals surface area contributed by atoms with E-state index < -0.39 is 27.1 Å². The smallest absolute Gasteiger partial charge is 0.328 e. The zero-order chi connectivity index (χ0) is 16.5. The molecule has 0 unspecified atom stereocenters. The number of amides is 1. The number of carbonyl (C=O) groups excluding carboxylic acids is 2. The Morgan fingerprint density at radius 3 is 2.50 bits per heavy atom. The zero-order valence-electron chi connectivity index (χ0n) is 12.2. The lowest BCUT2D eigenvalue weighted by molar-refractivity contribution is -0.150. The van der Waals surface area contributed by atoms with Gasteiger partial charge in [-0.3, -0.25) is 4.79 Å². The molecule has 0 N–H and O–H groups in total. The van der Waals surface area contributed by atoms with Gasteiger partial charge in [0.1, 0.15) is 6.04 Å². The lowest BCUT2D eigenvalue weighted by Crippen LogP contribution is -2.40. The van der Waals surface area contributed by atoms with Crippen molar-refractivity contribution in [2.75, 3.05) is 13.7 Å². The molecule has 2 atom stereocenters. The molecule has 1 aliphatic rings. The Bertz CT molecular complexity index is 703. The third kappa shape index (κ3) is 2.96. The Morgan fingerprint density at radius 2 is 1.95 bits per heavy atom. The van der Waals surface area contributed by atoms with E-state index in [-0.39, 0.29) is 28.8 Å². The second-order valence-electron chi connectivity index (χ2n) is 5.04. The van der Waals surface area contributed by atoms with Gasteiger partial charge in [-0.2, -0.15) is 0 Å². The van der Waals surface area contributed by atoms with E-state index in [0.29, 0.717) is 0 Å². The largest absolute Gasteiger partial charge is 0.467 e. The number of sulfone groups is 1. The molecule has 1 fully saturated rings. The summed E-state index contributed by atoms with van der Waals surface area (Å²) in [5.74, 6) is -0.987. The van der Waals surface area contributed by atoms with Crippen LogP contribution in [0, 0.1) is 0 Å². The number of carbonyl (C=O) groups is 2. The van der Waals surface area contributed by atoms with E-state index in [1.807, 2.05) is 0 Å². The molecule has 2 rings (SSSR count). The Balaban J connectivity index is 2.36. The number of nitrogens with zero attached hydrogens (tertiary/aromatic N) is 1. The summed E-state index contributed by atoms with van der Waals surface area (Å²) in [6.45, 7) is 1.24. The Labute approximate surface area is 133 Å². The van der Waals surface area contributed by atoms with Gasteiger partial charge in [-0.15, -0.1) is 0 Å². The molecule has 0 radical (unpaired) electrons. The van der Waals surface area contributed by atoms with E-state index >= 15 is 0 Å². The van der Waals surface area contributed by atoms with Crippen LogP contribution in [0.3, 0.4) is 0 Å². The fourth-order valence-corrected chi connectivity index (χ4v) is 4.80. The minimum Gasteiger partial charge on any atom is -0.467 e. The summed E-state index contributed by atoms with van der Waals surface area (Å²) in [4.78, 5) is 24.7. The van der Waals surface area contributed by atoms with Gasteiger partial charge in [0.15, 0.2) is 9.84 Å². The van der Waals surface area contributed by atoms with Gasteiger partial charge in [-0.25, -0.2) is 13.2 Å². The fourth-order valence-electron chi connectivity index (χ4n) is 2.58. The summed E-state index contributed by atoms with van der Waals surface area (Å²) in [5, 5.41) is -0.765. The quantitative estimate of drug-likeness (QED) is 0.771. The average Bonchev–Trinajstić information content (AvgIpc) is 2.92. The molecule has 120 valence electrons. The van der Waals surface area contributed by atoms with Gasteiger partial charge in [-0.05, 0) is 18.6 Å². The van der Waals surface area contributed by atoms with E-state index in [1.54, 1.807) is 12.1 Å². The van der Waals surface area contributed by atoms with Crippen LogP contribution in [0.15, 0.2) is 29.2 Å². The normalized spacial score (nSPS) is 21.7. The Kier molecular flexibility index (Phi) is 4.77. The number of rotatable bonds is 3. The zero-order valence-corrected chi connectivity index (χ0v) is 13.7. The van der Waals surface area contributed by atoms with Crippen molar-refractivity contribution in [2.24, 2.45) is 0 Å². The van der Waals surface area contributed by atoms with Crippen molar-refractivity contribution < 1.29 is 22.7 Å². The monoisotopic (exact) mass is 345 g/mol. The standard InChI is InChI=1S/C14H16ClNO5S/c1-9(17)16-8-10(7-12(16)14(18)21-2)22(19,20)13-6-4-3-5-11(13)15/h3-6,10,12H,7-8H2,1-2H3/t10-,12+/m1/s1. The minimum absolute atomic E-state index is 0.000189. The molecule has 0 bridgehead atoms. The fraction of sp³-hybridized carbons (Fsp3) is 0.429. The van der Waals surface area contributed by atoms with Gasteiger partial charge in [-0.1, -0.05) is 23.7 Å². The van der Waals surface area contributed by atoms with E-state index in [0.717, 1.165) is 0 Å². The number of halogens is 1. The van der Waals surface area contributed by atoms with Crippen molar-refractivity contribution in [3.8, 4) is 0 Å². The molecule has 0 saturated carbocycles. The lowest BCUT2D eigenvalue weighted by Gasteiger charge is -2.20. The summed E-state index contributed by atoms with van der Waals surface area (Å²) in [6.07, 6.45) is -0.000189. The maximum Gasteiger partial charge on any atom is 0.328 e. The molecule has 0 aromatic heterocycles. The molecule has 1 aliphatic heterocycles. The van der Waals surface area contributed by atoms with E-state index in [1.165, 1.54) is 31.1 Å². The lowest BCUT2D eigenvalue weighted by atomic mass is 10.2. The van der Waals surface area contributed by atoms with Gasteiger partial charge in [0.2, 0.25) is 5.91 Å². The molecular formula is C14H16ClNO5S. The highest BCUT2D eigenvalue weighted by molar-refractivity contribution is 7.92. The molecule has 22 heavy (non-hydrogen) atoms. The van der Waals surface area contributed by atoms with Crippen LogP contribution < -0.4 is 0 Å². The third-order valence-corrected chi connectivity index (χ3v) is 6.35. The van der Waals surface area contributed by atoms with Crippen molar-refractivity contribution in [1.82, 2.24) is 4.90 Å². The first-order valence-corrected chi connectivity index (χ1v) is 8.55. The highest BCUT2D eigenvalue weighted by atomic mass is 35.5. The molecular weight excluding hydrogens is 330 g/mol. The SMILES string of the molecule is COC(=O)[C@@H]1C[C@@H](S(=O)(=O)c2ccccc2Cl)CN1C(C)=O. The molecule has 1 saturated heterocycles. The second-order valence-corrected chi connectivity index (χ2v) is 7.65. The summed E-state index contributed by atoms with van der Waals surface area (Å²) >= 11 is 5.96. The number of ether oxygens (including phenoxy) is 1. The van der Waals surface area contributed by atoms with Gasteiger partial charge >= 0.3 is 5.97 Å². The highest BCUT2D eigenvalue weighted by Crippen LogP contribution is 2.31. The van der Waals surface area contributed by atoms with Crippen LogP contribution in [0.1, 0.15) is 13.3 Å². The first kappa shape index (κ1) is 16.8. The number of likely N-dealkylation sites (tertiary alicyclic amines) is 1. The first-order chi connectivity index (χ1) is 10.3. The predicted molar refractivity (Wildman–Crippen MR) is 80.2 cm³/mol. The molecule has 8 heteroatoms. The number of hydrogen-bond donors (Lipinski definition) is 0. The van der Waals surface area contributed by atoms with E-state index in [2.05, 4.69) is 4.74 Å². The van der Waals surface area contributed by atoms with Gasteiger partial charge in [0.05, 0.1) is 22.3 Å². The van der Waals surface area contributed by atoms with Crippen molar-refractivity contribution in [1.29, 1.82) is 0 Å².